The summed E-state index contributed by atoms with van der Waals surface area (Å²) in [5.74, 6) is 1.19. The van der Waals surface area contributed by atoms with Crippen LogP contribution in [0.25, 0.3) is 0 Å². The van der Waals surface area contributed by atoms with Crippen LogP contribution in [0.15, 0.2) is 0 Å². The molecule has 1 fully saturated rings. The van der Waals surface area contributed by atoms with Crippen LogP contribution < -0.4 is 0 Å². The van der Waals surface area contributed by atoms with Gasteiger partial charge in [-0.2, -0.15) is 0 Å². The minimum atomic E-state index is -0.0643. The van der Waals surface area contributed by atoms with Gasteiger partial charge in [0.25, 0.3) is 0 Å². The molecule has 0 aromatic rings. The van der Waals surface area contributed by atoms with Crippen molar-refractivity contribution in [2.24, 2.45) is 11.8 Å². The fraction of sp³-hybridized carbons (Fsp3) is 1.00. The predicted octanol–water partition coefficient (Wildman–Crippen LogP) is 2.73. The zero-order valence-electron chi connectivity index (χ0n) is 9.99. The molecule has 0 aromatic carbocycles. The molecule has 1 aliphatic rings. The topological polar surface area (TPSA) is 40.5 Å². The number of aliphatic hydroxyl groups excluding tert-OH is 2. The molecule has 0 radical (unpaired) electrons. The molecule has 90 valence electrons. The Labute approximate surface area is 93.7 Å². The number of unbranched alkanes of at least 4 members (excludes halogenated alkanes) is 2. The zero-order chi connectivity index (χ0) is 11.1. The minimum Gasteiger partial charge on any atom is -0.396 e. The third-order valence-electron chi connectivity index (χ3n) is 3.81. The summed E-state index contributed by atoms with van der Waals surface area (Å²) in [6, 6.07) is 0. The van der Waals surface area contributed by atoms with E-state index >= 15 is 0 Å². The summed E-state index contributed by atoms with van der Waals surface area (Å²) in [5, 5.41) is 18.7. The van der Waals surface area contributed by atoms with Crippen LogP contribution in [-0.4, -0.2) is 22.9 Å². The van der Waals surface area contributed by atoms with Crippen LogP contribution in [0.4, 0.5) is 0 Å². The molecule has 2 heteroatoms. The van der Waals surface area contributed by atoms with Crippen LogP contribution in [0.5, 0.6) is 0 Å². The van der Waals surface area contributed by atoms with Crippen LogP contribution >= 0.6 is 0 Å². The third kappa shape index (κ3) is 4.12. The molecular formula is C13H26O2. The van der Waals surface area contributed by atoms with E-state index in [4.69, 9.17) is 5.11 Å². The van der Waals surface area contributed by atoms with E-state index in [0.717, 1.165) is 25.7 Å². The molecule has 15 heavy (non-hydrogen) atoms. The van der Waals surface area contributed by atoms with Gasteiger partial charge < -0.3 is 10.2 Å². The van der Waals surface area contributed by atoms with Crippen molar-refractivity contribution in [1.29, 1.82) is 0 Å². The van der Waals surface area contributed by atoms with Gasteiger partial charge in [-0.05, 0) is 43.9 Å². The Morgan fingerprint density at radius 3 is 2.53 bits per heavy atom. The molecule has 1 rings (SSSR count). The smallest absolute Gasteiger partial charge is 0.0571 e. The molecule has 2 N–H and O–H groups in total. The molecule has 3 unspecified atom stereocenters. The molecule has 0 heterocycles. The Morgan fingerprint density at radius 2 is 1.87 bits per heavy atom. The summed E-state index contributed by atoms with van der Waals surface area (Å²) < 4.78 is 0. The van der Waals surface area contributed by atoms with Gasteiger partial charge in [-0.25, -0.2) is 0 Å². The Morgan fingerprint density at radius 1 is 1.07 bits per heavy atom. The summed E-state index contributed by atoms with van der Waals surface area (Å²) in [6.07, 6.45) is 9.07. The molecule has 1 aliphatic carbocycles. The summed E-state index contributed by atoms with van der Waals surface area (Å²) in [5.41, 5.74) is 0. The van der Waals surface area contributed by atoms with Gasteiger partial charge in [-0.3, -0.25) is 0 Å². The fourth-order valence-corrected chi connectivity index (χ4v) is 2.90. The average Bonchev–Trinajstić information content (AvgIpc) is 2.58. The maximum Gasteiger partial charge on any atom is 0.0571 e. The van der Waals surface area contributed by atoms with Crippen molar-refractivity contribution in [3.63, 3.8) is 0 Å². The van der Waals surface area contributed by atoms with E-state index in [9.17, 15) is 5.11 Å². The molecule has 0 aromatic heterocycles. The van der Waals surface area contributed by atoms with Gasteiger partial charge in [-0.15, -0.1) is 0 Å². The van der Waals surface area contributed by atoms with E-state index in [0.29, 0.717) is 18.4 Å². The second-order valence-electron chi connectivity index (χ2n) is 4.93. The van der Waals surface area contributed by atoms with E-state index in [1.165, 1.54) is 25.7 Å². The normalized spacial score (nSPS) is 31.0. The fourth-order valence-electron chi connectivity index (χ4n) is 2.90. The van der Waals surface area contributed by atoms with Crippen LogP contribution in [0.3, 0.4) is 0 Å². The second kappa shape index (κ2) is 7.24. The van der Waals surface area contributed by atoms with Crippen molar-refractivity contribution >= 4 is 0 Å². The van der Waals surface area contributed by atoms with Gasteiger partial charge >= 0.3 is 0 Å². The van der Waals surface area contributed by atoms with E-state index < -0.39 is 0 Å². The summed E-state index contributed by atoms with van der Waals surface area (Å²) >= 11 is 0. The highest BCUT2D eigenvalue weighted by Crippen LogP contribution is 2.38. The van der Waals surface area contributed by atoms with Crippen molar-refractivity contribution in [3.8, 4) is 0 Å². The van der Waals surface area contributed by atoms with Crippen molar-refractivity contribution in [3.05, 3.63) is 0 Å². The molecule has 3 atom stereocenters. The lowest BCUT2D eigenvalue weighted by Crippen LogP contribution is -2.19. The highest BCUT2D eigenvalue weighted by molar-refractivity contribution is 4.84. The first-order chi connectivity index (χ1) is 7.29. The van der Waals surface area contributed by atoms with Gasteiger partial charge in [0.2, 0.25) is 0 Å². The van der Waals surface area contributed by atoms with Crippen LogP contribution in [0.1, 0.15) is 58.3 Å². The Hall–Kier alpha value is -0.0800. The van der Waals surface area contributed by atoms with Gasteiger partial charge in [0.1, 0.15) is 0 Å². The van der Waals surface area contributed by atoms with Crippen molar-refractivity contribution in [2.75, 3.05) is 6.61 Å². The Kier molecular flexibility index (Phi) is 6.26. The average molecular weight is 214 g/mol. The standard InChI is InChI=1S/C13H26O2/c1-2-3-4-7-12-11(6-5-10-14)8-9-13(12)15/h11-15H,2-10H2,1H3. The van der Waals surface area contributed by atoms with Crippen molar-refractivity contribution in [2.45, 2.75) is 64.4 Å². The highest BCUT2D eigenvalue weighted by atomic mass is 16.3. The van der Waals surface area contributed by atoms with Gasteiger partial charge in [0.15, 0.2) is 0 Å². The highest BCUT2D eigenvalue weighted by Gasteiger charge is 2.33. The molecular weight excluding hydrogens is 188 g/mol. The Bertz CT molecular complexity index is 159. The van der Waals surface area contributed by atoms with E-state index in [-0.39, 0.29) is 6.10 Å². The minimum absolute atomic E-state index is 0.0643. The first kappa shape index (κ1) is 13.0. The second-order valence-corrected chi connectivity index (χ2v) is 4.93. The SMILES string of the molecule is CCCCCC1C(O)CCC1CCCO. The van der Waals surface area contributed by atoms with Gasteiger partial charge in [0, 0.05) is 6.61 Å². The predicted molar refractivity (Wildman–Crippen MR) is 62.7 cm³/mol. The first-order valence-electron chi connectivity index (χ1n) is 6.58. The molecule has 0 spiro atoms. The molecule has 1 saturated carbocycles. The zero-order valence-corrected chi connectivity index (χ0v) is 9.99. The largest absolute Gasteiger partial charge is 0.396 e. The van der Waals surface area contributed by atoms with Gasteiger partial charge in [0.05, 0.1) is 6.10 Å². The first-order valence-corrected chi connectivity index (χ1v) is 6.58. The van der Waals surface area contributed by atoms with Crippen molar-refractivity contribution in [1.82, 2.24) is 0 Å². The number of aliphatic hydroxyl groups is 2. The Balaban J connectivity index is 2.28. The monoisotopic (exact) mass is 214 g/mol. The number of hydrogen-bond donors (Lipinski definition) is 2. The van der Waals surface area contributed by atoms with Crippen LogP contribution in [0, 0.1) is 11.8 Å². The van der Waals surface area contributed by atoms with Crippen LogP contribution in [0.2, 0.25) is 0 Å². The van der Waals surface area contributed by atoms with Crippen LogP contribution in [-0.2, 0) is 0 Å². The molecule has 2 nitrogen and oxygen atoms in total. The quantitative estimate of drug-likeness (QED) is 0.640. The van der Waals surface area contributed by atoms with E-state index in [2.05, 4.69) is 6.92 Å². The van der Waals surface area contributed by atoms with Gasteiger partial charge in [-0.1, -0.05) is 26.2 Å². The third-order valence-corrected chi connectivity index (χ3v) is 3.81. The number of rotatable bonds is 7. The molecule has 0 bridgehead atoms. The molecule has 0 aliphatic heterocycles. The summed E-state index contributed by atoms with van der Waals surface area (Å²) in [4.78, 5) is 0. The van der Waals surface area contributed by atoms with Crippen molar-refractivity contribution < 1.29 is 10.2 Å². The summed E-state index contributed by atoms with van der Waals surface area (Å²) in [6.45, 7) is 2.52. The molecule has 0 saturated heterocycles. The lowest BCUT2D eigenvalue weighted by Gasteiger charge is -2.21. The van der Waals surface area contributed by atoms with E-state index in [1.807, 2.05) is 0 Å². The summed E-state index contributed by atoms with van der Waals surface area (Å²) in [7, 11) is 0. The maximum atomic E-state index is 9.90. The van der Waals surface area contributed by atoms with E-state index in [1.54, 1.807) is 0 Å². The lowest BCUT2D eigenvalue weighted by molar-refractivity contribution is 0.106. The lowest BCUT2D eigenvalue weighted by atomic mass is 9.86. The molecule has 0 amide bonds. The maximum absolute atomic E-state index is 9.90. The number of hydrogen-bond acceptors (Lipinski definition) is 2.